The minimum absolute atomic E-state index is 0.198. The van der Waals surface area contributed by atoms with Crippen LogP contribution >= 0.6 is 0 Å². The molecule has 90 valence electrons. The molecule has 0 amide bonds. The minimum Gasteiger partial charge on any atom is -0.495 e. The Kier molecular flexibility index (Phi) is 2.84. The second kappa shape index (κ2) is 4.30. The summed E-state index contributed by atoms with van der Waals surface area (Å²) in [5.41, 5.74) is 5.48. The van der Waals surface area contributed by atoms with Gasteiger partial charge in [-0.15, -0.1) is 0 Å². The van der Waals surface area contributed by atoms with Gasteiger partial charge < -0.3 is 10.5 Å². The second-order valence-electron chi connectivity index (χ2n) is 3.37. The van der Waals surface area contributed by atoms with Crippen LogP contribution < -0.4 is 21.9 Å². The Morgan fingerprint density at radius 1 is 1.29 bits per heavy atom. The van der Waals surface area contributed by atoms with E-state index in [4.69, 9.17) is 10.5 Å². The lowest BCUT2D eigenvalue weighted by molar-refractivity contribution is 0.411. The smallest absolute Gasteiger partial charge is 0.349 e. The van der Waals surface area contributed by atoms with E-state index in [1.54, 1.807) is 18.2 Å². The van der Waals surface area contributed by atoms with Gasteiger partial charge in [0.15, 0.2) is 0 Å². The third-order valence-electron chi connectivity index (χ3n) is 2.43. The van der Waals surface area contributed by atoms with Crippen LogP contribution in [0.2, 0.25) is 0 Å². The van der Waals surface area contributed by atoms with E-state index in [0.29, 0.717) is 17.0 Å². The molecule has 0 radical (unpaired) electrons. The number of H-pyrrole nitrogens is 2. The molecule has 17 heavy (non-hydrogen) atoms. The summed E-state index contributed by atoms with van der Waals surface area (Å²) in [5, 5.41) is 4.42. The molecule has 1 aromatic carbocycles. The number of nitrogens with two attached hydrogens (primary N) is 1. The quantitative estimate of drug-likeness (QED) is 0.656. The SMILES string of the molecule is COc1cccc(CN)c1-n1c(=O)[nH][nH]c1=O. The monoisotopic (exact) mass is 236 g/mol. The molecule has 4 N–H and O–H groups in total. The average Bonchev–Trinajstić information content (AvgIpc) is 2.68. The maximum absolute atomic E-state index is 11.6. The zero-order chi connectivity index (χ0) is 12.4. The van der Waals surface area contributed by atoms with Crippen molar-refractivity contribution in [2.75, 3.05) is 7.11 Å². The normalized spacial score (nSPS) is 10.5. The molecule has 1 aromatic heterocycles. The molecule has 0 bridgehead atoms. The summed E-state index contributed by atoms with van der Waals surface area (Å²) in [4.78, 5) is 23.1. The fraction of sp³-hybridized carbons (Fsp3) is 0.200. The van der Waals surface area contributed by atoms with E-state index >= 15 is 0 Å². The zero-order valence-electron chi connectivity index (χ0n) is 9.19. The van der Waals surface area contributed by atoms with Crippen molar-refractivity contribution in [2.45, 2.75) is 6.54 Å². The zero-order valence-corrected chi connectivity index (χ0v) is 9.19. The van der Waals surface area contributed by atoms with Crippen molar-refractivity contribution in [3.8, 4) is 11.4 Å². The number of methoxy groups -OCH3 is 1. The van der Waals surface area contributed by atoms with E-state index in [9.17, 15) is 9.59 Å². The number of nitrogens with one attached hydrogen (secondary N) is 2. The number of aromatic amines is 2. The number of nitrogens with zero attached hydrogens (tertiary/aromatic N) is 1. The molecule has 0 spiro atoms. The Bertz CT molecular complexity index is 588. The highest BCUT2D eigenvalue weighted by molar-refractivity contribution is 5.52. The molecule has 0 atom stereocenters. The van der Waals surface area contributed by atoms with Crippen LogP contribution in [-0.4, -0.2) is 21.9 Å². The van der Waals surface area contributed by atoms with Gasteiger partial charge in [-0.1, -0.05) is 12.1 Å². The summed E-state index contributed by atoms with van der Waals surface area (Å²) < 4.78 is 6.10. The van der Waals surface area contributed by atoms with Crippen LogP contribution in [0.4, 0.5) is 0 Å². The van der Waals surface area contributed by atoms with Crippen LogP contribution in [0, 0.1) is 0 Å². The Balaban J connectivity index is 2.82. The lowest BCUT2D eigenvalue weighted by Gasteiger charge is -2.11. The van der Waals surface area contributed by atoms with E-state index < -0.39 is 11.4 Å². The fourth-order valence-corrected chi connectivity index (χ4v) is 1.67. The van der Waals surface area contributed by atoms with Crippen molar-refractivity contribution in [3.05, 3.63) is 44.7 Å². The highest BCUT2D eigenvalue weighted by Crippen LogP contribution is 2.23. The van der Waals surface area contributed by atoms with Gasteiger partial charge in [-0.25, -0.2) is 24.4 Å². The molecule has 0 aliphatic carbocycles. The van der Waals surface area contributed by atoms with Crippen LogP contribution in [0.25, 0.3) is 5.69 Å². The van der Waals surface area contributed by atoms with Crippen molar-refractivity contribution in [1.82, 2.24) is 14.8 Å². The van der Waals surface area contributed by atoms with E-state index in [1.165, 1.54) is 7.11 Å². The summed E-state index contributed by atoms with van der Waals surface area (Å²) >= 11 is 0. The van der Waals surface area contributed by atoms with Crippen molar-refractivity contribution < 1.29 is 4.74 Å². The number of hydrogen-bond acceptors (Lipinski definition) is 4. The van der Waals surface area contributed by atoms with Crippen LogP contribution in [0.5, 0.6) is 5.75 Å². The van der Waals surface area contributed by atoms with Gasteiger partial charge in [0.25, 0.3) is 0 Å². The molecule has 0 aliphatic rings. The lowest BCUT2D eigenvalue weighted by atomic mass is 10.1. The van der Waals surface area contributed by atoms with Gasteiger partial charge in [-0.05, 0) is 11.6 Å². The maximum Gasteiger partial charge on any atom is 0.349 e. The summed E-state index contributed by atoms with van der Waals surface area (Å²) in [6, 6.07) is 5.14. The average molecular weight is 236 g/mol. The molecular weight excluding hydrogens is 224 g/mol. The van der Waals surface area contributed by atoms with E-state index in [0.717, 1.165) is 4.57 Å². The molecule has 0 fully saturated rings. The number of hydrogen-bond donors (Lipinski definition) is 3. The molecule has 0 saturated carbocycles. The molecule has 0 saturated heterocycles. The Morgan fingerprint density at radius 3 is 2.47 bits per heavy atom. The van der Waals surface area contributed by atoms with E-state index in [2.05, 4.69) is 10.2 Å². The van der Waals surface area contributed by atoms with Gasteiger partial charge in [-0.3, -0.25) is 0 Å². The van der Waals surface area contributed by atoms with Crippen LogP contribution in [-0.2, 0) is 6.54 Å². The Hall–Kier alpha value is -2.28. The minimum atomic E-state index is -0.561. The van der Waals surface area contributed by atoms with Crippen LogP contribution in [0.3, 0.4) is 0 Å². The van der Waals surface area contributed by atoms with E-state index in [-0.39, 0.29) is 6.54 Å². The van der Waals surface area contributed by atoms with Gasteiger partial charge >= 0.3 is 11.4 Å². The van der Waals surface area contributed by atoms with Gasteiger partial charge in [0.1, 0.15) is 11.4 Å². The number of para-hydroxylation sites is 1. The maximum atomic E-state index is 11.6. The third-order valence-corrected chi connectivity index (χ3v) is 2.43. The lowest BCUT2D eigenvalue weighted by Crippen LogP contribution is -2.26. The molecule has 2 aromatic rings. The first-order valence-corrected chi connectivity index (χ1v) is 4.95. The highest BCUT2D eigenvalue weighted by Gasteiger charge is 2.15. The van der Waals surface area contributed by atoms with Gasteiger partial charge in [0.05, 0.1) is 7.11 Å². The molecule has 0 unspecified atom stereocenters. The largest absolute Gasteiger partial charge is 0.495 e. The third kappa shape index (κ3) is 1.76. The van der Waals surface area contributed by atoms with Gasteiger partial charge in [-0.2, -0.15) is 0 Å². The molecule has 2 rings (SSSR count). The number of ether oxygens (including phenoxy) is 1. The highest BCUT2D eigenvalue weighted by atomic mass is 16.5. The number of aromatic nitrogens is 3. The van der Waals surface area contributed by atoms with Crippen molar-refractivity contribution in [1.29, 1.82) is 0 Å². The summed E-state index contributed by atoms with van der Waals surface area (Å²) in [6.07, 6.45) is 0. The number of benzene rings is 1. The van der Waals surface area contributed by atoms with Crippen molar-refractivity contribution in [3.63, 3.8) is 0 Å². The van der Waals surface area contributed by atoms with Crippen molar-refractivity contribution in [2.24, 2.45) is 5.73 Å². The summed E-state index contributed by atoms with van der Waals surface area (Å²) in [5.74, 6) is 0.417. The molecule has 7 heteroatoms. The van der Waals surface area contributed by atoms with Crippen molar-refractivity contribution >= 4 is 0 Å². The molecule has 7 nitrogen and oxygen atoms in total. The fourth-order valence-electron chi connectivity index (χ4n) is 1.67. The standard InChI is InChI=1S/C10H12N4O3/c1-17-7-4-2-3-6(5-11)8(7)14-9(15)12-13-10(14)16/h2-4H,5,11H2,1H3,(H,12,15)(H,13,16). The first-order chi connectivity index (χ1) is 8.19. The first kappa shape index (κ1) is 11.2. The van der Waals surface area contributed by atoms with Gasteiger partial charge in [0.2, 0.25) is 0 Å². The van der Waals surface area contributed by atoms with Gasteiger partial charge in [0, 0.05) is 6.54 Å². The number of rotatable bonds is 3. The second-order valence-corrected chi connectivity index (χ2v) is 3.37. The summed E-state index contributed by atoms with van der Waals surface area (Å²) in [6.45, 7) is 0.198. The van der Waals surface area contributed by atoms with Crippen LogP contribution in [0.15, 0.2) is 27.8 Å². The van der Waals surface area contributed by atoms with E-state index in [1.807, 2.05) is 0 Å². The Labute approximate surface area is 95.8 Å². The topological polar surface area (TPSA) is 106 Å². The molecular formula is C10H12N4O3. The predicted octanol–water partition coefficient (Wildman–Crippen LogP) is -0.679. The van der Waals surface area contributed by atoms with Crippen LogP contribution in [0.1, 0.15) is 5.56 Å². The summed E-state index contributed by atoms with van der Waals surface area (Å²) in [7, 11) is 1.46. The molecule has 0 aliphatic heterocycles. The first-order valence-electron chi connectivity index (χ1n) is 4.95. The predicted molar refractivity (Wildman–Crippen MR) is 61.5 cm³/mol. The molecule has 1 heterocycles. The Morgan fingerprint density at radius 2 is 1.94 bits per heavy atom.